The third kappa shape index (κ3) is 3.03. The number of piperidine rings is 1. The van der Waals surface area contributed by atoms with Gasteiger partial charge in [0, 0.05) is 12.1 Å². The summed E-state index contributed by atoms with van der Waals surface area (Å²) in [6, 6.07) is 13.3. The molecule has 3 aliphatic heterocycles. The van der Waals surface area contributed by atoms with E-state index in [9.17, 15) is 14.4 Å². The maximum atomic E-state index is 13.9. The van der Waals surface area contributed by atoms with Crippen molar-refractivity contribution in [3.63, 3.8) is 0 Å². The van der Waals surface area contributed by atoms with Gasteiger partial charge in [-0.1, -0.05) is 24.6 Å². The summed E-state index contributed by atoms with van der Waals surface area (Å²) in [5.41, 5.74) is 0.967. The molecule has 7 nitrogen and oxygen atoms in total. The van der Waals surface area contributed by atoms with E-state index >= 15 is 0 Å². The van der Waals surface area contributed by atoms with Crippen LogP contribution < -0.4 is 14.4 Å². The molecule has 3 heterocycles. The van der Waals surface area contributed by atoms with Gasteiger partial charge in [0.15, 0.2) is 5.78 Å². The number of imide groups is 1. The molecule has 0 bridgehead atoms. The number of hydrogen-bond acceptors (Lipinski definition) is 6. The molecule has 5 rings (SSSR count). The zero-order valence-electron chi connectivity index (χ0n) is 18.2. The van der Waals surface area contributed by atoms with Crippen molar-refractivity contribution in [2.24, 2.45) is 11.8 Å². The Labute approximate surface area is 186 Å². The van der Waals surface area contributed by atoms with Gasteiger partial charge >= 0.3 is 0 Å². The van der Waals surface area contributed by atoms with Crippen LogP contribution in [0.1, 0.15) is 29.6 Å². The summed E-state index contributed by atoms with van der Waals surface area (Å²) >= 11 is 0. The van der Waals surface area contributed by atoms with Crippen molar-refractivity contribution in [2.75, 3.05) is 25.7 Å². The number of para-hydroxylation sites is 1. The van der Waals surface area contributed by atoms with Crippen LogP contribution in [0.4, 0.5) is 5.69 Å². The highest BCUT2D eigenvalue weighted by atomic mass is 16.5. The van der Waals surface area contributed by atoms with E-state index in [-0.39, 0.29) is 23.6 Å². The fourth-order valence-electron chi connectivity index (χ4n) is 5.67. The van der Waals surface area contributed by atoms with Crippen molar-refractivity contribution >= 4 is 23.3 Å². The lowest BCUT2D eigenvalue weighted by molar-refractivity contribution is -0.124. The number of anilines is 1. The minimum absolute atomic E-state index is 0.0999. The number of Topliss-reactive ketones (excluding diaryl/α,β-unsaturated/α-hetero) is 1. The lowest BCUT2D eigenvalue weighted by Crippen LogP contribution is -2.49. The average molecular weight is 434 g/mol. The Morgan fingerprint density at radius 2 is 1.69 bits per heavy atom. The van der Waals surface area contributed by atoms with Crippen molar-refractivity contribution in [1.29, 1.82) is 0 Å². The predicted molar refractivity (Wildman–Crippen MR) is 118 cm³/mol. The van der Waals surface area contributed by atoms with Gasteiger partial charge in [-0.3, -0.25) is 19.3 Å². The van der Waals surface area contributed by atoms with Gasteiger partial charge < -0.3 is 9.47 Å². The normalized spacial score (nSPS) is 27.2. The third-order valence-electron chi connectivity index (χ3n) is 7.06. The Morgan fingerprint density at radius 1 is 0.938 bits per heavy atom. The highest BCUT2D eigenvalue weighted by molar-refractivity contribution is 6.24. The number of nitrogens with zero attached hydrogens (tertiary/aromatic N) is 2. The lowest BCUT2D eigenvalue weighted by Gasteiger charge is -2.36. The first-order valence-electron chi connectivity index (χ1n) is 11.0. The number of carbonyl (C=O) groups excluding carboxylic acids is 3. The van der Waals surface area contributed by atoms with Crippen molar-refractivity contribution in [1.82, 2.24) is 4.90 Å². The first-order chi connectivity index (χ1) is 15.6. The minimum atomic E-state index is -0.690. The third-order valence-corrected chi connectivity index (χ3v) is 7.06. The molecule has 0 unspecified atom stereocenters. The monoisotopic (exact) mass is 434 g/mol. The van der Waals surface area contributed by atoms with Gasteiger partial charge in [0.1, 0.15) is 11.5 Å². The van der Waals surface area contributed by atoms with Crippen LogP contribution in [-0.2, 0) is 9.59 Å². The van der Waals surface area contributed by atoms with E-state index in [4.69, 9.17) is 9.47 Å². The van der Waals surface area contributed by atoms with Gasteiger partial charge in [-0.2, -0.15) is 0 Å². The molecule has 3 fully saturated rings. The fourth-order valence-corrected chi connectivity index (χ4v) is 5.67. The summed E-state index contributed by atoms with van der Waals surface area (Å²) in [5, 5.41) is 0. The first kappa shape index (κ1) is 20.7. The molecule has 3 saturated heterocycles. The number of rotatable bonds is 5. The molecular weight excluding hydrogens is 408 g/mol. The molecule has 2 aromatic rings. The van der Waals surface area contributed by atoms with Crippen LogP contribution in [0.5, 0.6) is 11.5 Å². The minimum Gasteiger partial charge on any atom is -0.497 e. The second-order valence-corrected chi connectivity index (χ2v) is 8.58. The molecule has 0 saturated carbocycles. The Balaban J connectivity index is 1.57. The Kier molecular flexibility index (Phi) is 5.21. The Hall–Kier alpha value is -3.19. The van der Waals surface area contributed by atoms with Crippen LogP contribution in [-0.4, -0.2) is 55.3 Å². The van der Waals surface area contributed by atoms with Crippen molar-refractivity contribution in [3.05, 3.63) is 54.1 Å². The van der Waals surface area contributed by atoms with Gasteiger partial charge in [0.25, 0.3) is 0 Å². The first-order valence-corrected chi connectivity index (χ1v) is 11.0. The van der Waals surface area contributed by atoms with Crippen LogP contribution in [0.2, 0.25) is 0 Å². The number of benzene rings is 2. The molecule has 166 valence electrons. The summed E-state index contributed by atoms with van der Waals surface area (Å²) in [6.45, 7) is 0.707. The van der Waals surface area contributed by atoms with Crippen LogP contribution in [0.15, 0.2) is 48.5 Å². The number of amides is 2. The van der Waals surface area contributed by atoms with Gasteiger partial charge in [-0.15, -0.1) is 0 Å². The zero-order valence-corrected chi connectivity index (χ0v) is 18.2. The number of fused-ring (bicyclic) bond motifs is 3. The Morgan fingerprint density at radius 3 is 2.41 bits per heavy atom. The second-order valence-electron chi connectivity index (χ2n) is 8.58. The van der Waals surface area contributed by atoms with Gasteiger partial charge in [0.2, 0.25) is 11.8 Å². The smallest absolute Gasteiger partial charge is 0.239 e. The number of carbonyl (C=O) groups is 3. The SMILES string of the molecule is COc1ccc(C(=O)[C@@H]2[C@H]3C(=O)N(c4ccccc4)C(=O)[C@H]3[C@H]3CCCCN32)c(OC)c1. The van der Waals surface area contributed by atoms with E-state index < -0.39 is 17.9 Å². The molecule has 0 spiro atoms. The summed E-state index contributed by atoms with van der Waals surface area (Å²) in [4.78, 5) is 44.4. The number of ether oxygens (including phenoxy) is 2. The van der Waals surface area contributed by atoms with Crippen molar-refractivity contribution in [2.45, 2.75) is 31.3 Å². The highest BCUT2D eigenvalue weighted by Gasteiger charge is 2.64. The van der Waals surface area contributed by atoms with E-state index in [0.717, 1.165) is 19.3 Å². The van der Waals surface area contributed by atoms with Crippen molar-refractivity contribution < 1.29 is 23.9 Å². The molecule has 0 N–H and O–H groups in total. The molecule has 4 atom stereocenters. The van der Waals surface area contributed by atoms with E-state index in [1.165, 1.54) is 12.0 Å². The average Bonchev–Trinajstić information content (AvgIpc) is 3.31. The van der Waals surface area contributed by atoms with Crippen LogP contribution in [0, 0.1) is 11.8 Å². The summed E-state index contributed by atoms with van der Waals surface area (Å²) in [6.07, 6.45) is 2.75. The standard InChI is InChI=1S/C25H26N2O5/c1-31-16-11-12-17(19(14-16)32-2)23(28)22-21-20(18-10-6-7-13-26(18)22)24(29)27(25(21)30)15-8-4-3-5-9-15/h3-5,8-9,11-12,14,18,20-22H,6-7,10,13H2,1-2H3/t18-,20+,21+,22+/m1/s1. The quantitative estimate of drug-likeness (QED) is 0.532. The largest absolute Gasteiger partial charge is 0.497 e. The molecule has 0 aromatic heterocycles. The molecule has 7 heteroatoms. The van der Waals surface area contributed by atoms with Gasteiger partial charge in [-0.25, -0.2) is 4.90 Å². The predicted octanol–water partition coefficient (Wildman–Crippen LogP) is 2.93. The maximum absolute atomic E-state index is 13.9. The number of methoxy groups -OCH3 is 2. The highest BCUT2D eigenvalue weighted by Crippen LogP contribution is 2.48. The van der Waals surface area contributed by atoms with Crippen LogP contribution >= 0.6 is 0 Å². The zero-order chi connectivity index (χ0) is 22.4. The van der Waals surface area contributed by atoms with Crippen LogP contribution in [0.3, 0.4) is 0 Å². The second kappa shape index (κ2) is 8.06. The molecule has 32 heavy (non-hydrogen) atoms. The number of ketones is 1. The van der Waals surface area contributed by atoms with E-state index in [1.54, 1.807) is 37.4 Å². The van der Waals surface area contributed by atoms with Crippen LogP contribution in [0.25, 0.3) is 0 Å². The van der Waals surface area contributed by atoms with Gasteiger partial charge in [-0.05, 0) is 43.7 Å². The molecule has 2 aromatic carbocycles. The van der Waals surface area contributed by atoms with Gasteiger partial charge in [0.05, 0.1) is 43.3 Å². The van der Waals surface area contributed by atoms with E-state index in [2.05, 4.69) is 4.90 Å². The molecule has 0 radical (unpaired) electrons. The number of hydrogen-bond donors (Lipinski definition) is 0. The molecular formula is C25H26N2O5. The topological polar surface area (TPSA) is 76.2 Å². The Bertz CT molecular complexity index is 1070. The summed E-state index contributed by atoms with van der Waals surface area (Å²) in [7, 11) is 3.06. The summed E-state index contributed by atoms with van der Waals surface area (Å²) in [5.74, 6) is -0.859. The van der Waals surface area contributed by atoms with E-state index in [0.29, 0.717) is 29.3 Å². The molecule has 2 amide bonds. The fraction of sp³-hybridized carbons (Fsp3) is 0.400. The van der Waals surface area contributed by atoms with Crippen molar-refractivity contribution in [3.8, 4) is 11.5 Å². The maximum Gasteiger partial charge on any atom is 0.239 e. The molecule has 3 aliphatic rings. The lowest BCUT2D eigenvalue weighted by atomic mass is 9.85. The molecule has 0 aliphatic carbocycles. The summed E-state index contributed by atoms with van der Waals surface area (Å²) < 4.78 is 10.7. The van der Waals surface area contributed by atoms with E-state index in [1.807, 2.05) is 18.2 Å².